The molecule has 0 saturated heterocycles. The van der Waals surface area contributed by atoms with E-state index >= 15 is 0 Å². The van der Waals surface area contributed by atoms with Crippen LogP contribution in [0.5, 0.6) is 0 Å². The van der Waals surface area contributed by atoms with E-state index in [1.165, 1.54) is 17.6 Å². The van der Waals surface area contributed by atoms with Crippen LogP contribution in [0.3, 0.4) is 0 Å². The molecule has 7 heteroatoms. The minimum absolute atomic E-state index is 0.211. The number of carbonyl (C=O) groups excluding carboxylic acids is 1. The summed E-state index contributed by atoms with van der Waals surface area (Å²) in [4.78, 5) is 16.1. The van der Waals surface area contributed by atoms with Gasteiger partial charge in [-0.15, -0.1) is 11.3 Å². The van der Waals surface area contributed by atoms with Crippen LogP contribution in [-0.2, 0) is 6.42 Å². The Labute approximate surface area is 119 Å². The van der Waals surface area contributed by atoms with Gasteiger partial charge in [0.25, 0.3) is 5.91 Å². The van der Waals surface area contributed by atoms with E-state index in [9.17, 15) is 4.79 Å². The first-order valence-electron chi connectivity index (χ1n) is 6.09. The van der Waals surface area contributed by atoms with Crippen LogP contribution >= 0.6 is 11.3 Å². The van der Waals surface area contributed by atoms with Crippen molar-refractivity contribution in [2.24, 2.45) is 0 Å². The zero-order valence-corrected chi connectivity index (χ0v) is 11.3. The Morgan fingerprint density at radius 2 is 2.40 bits per heavy atom. The quantitative estimate of drug-likeness (QED) is 0.778. The second-order valence-corrected chi connectivity index (χ2v) is 4.89. The average molecular weight is 288 g/mol. The topological polar surface area (TPSA) is 73.0 Å². The summed E-state index contributed by atoms with van der Waals surface area (Å²) in [5, 5.41) is 9.70. The molecule has 3 rings (SSSR count). The van der Waals surface area contributed by atoms with Crippen molar-refractivity contribution < 1.29 is 9.21 Å². The minimum Gasteiger partial charge on any atom is -0.459 e. The molecule has 20 heavy (non-hydrogen) atoms. The second kappa shape index (κ2) is 5.70. The van der Waals surface area contributed by atoms with E-state index in [1.54, 1.807) is 23.0 Å². The molecule has 0 spiro atoms. The van der Waals surface area contributed by atoms with Gasteiger partial charge in [0.1, 0.15) is 0 Å². The SMILES string of the molecule is O=C(NCCc1csc(-n2cccn2)n1)c1ccco1. The fourth-order valence-electron chi connectivity index (χ4n) is 1.70. The van der Waals surface area contributed by atoms with E-state index in [0.717, 1.165) is 10.8 Å². The first-order chi connectivity index (χ1) is 9.83. The van der Waals surface area contributed by atoms with Gasteiger partial charge in [-0.25, -0.2) is 9.67 Å². The van der Waals surface area contributed by atoms with Crippen LogP contribution in [0.4, 0.5) is 0 Å². The van der Waals surface area contributed by atoms with E-state index < -0.39 is 0 Å². The largest absolute Gasteiger partial charge is 0.459 e. The molecule has 0 aliphatic heterocycles. The van der Waals surface area contributed by atoms with Gasteiger partial charge in [0.2, 0.25) is 5.13 Å². The molecule has 1 amide bonds. The number of amides is 1. The third-order valence-corrected chi connectivity index (χ3v) is 3.53. The Morgan fingerprint density at radius 1 is 1.45 bits per heavy atom. The monoisotopic (exact) mass is 288 g/mol. The van der Waals surface area contributed by atoms with Crippen molar-refractivity contribution in [3.05, 3.63) is 53.7 Å². The van der Waals surface area contributed by atoms with Crippen LogP contribution in [0.25, 0.3) is 5.13 Å². The molecule has 0 bridgehead atoms. The second-order valence-electron chi connectivity index (χ2n) is 4.06. The molecule has 3 aromatic heterocycles. The van der Waals surface area contributed by atoms with Crippen LogP contribution in [0.2, 0.25) is 0 Å². The molecule has 0 atom stereocenters. The number of nitrogens with zero attached hydrogens (tertiary/aromatic N) is 3. The Bertz CT molecular complexity index is 673. The lowest BCUT2D eigenvalue weighted by Gasteiger charge is -2.00. The number of thiazole rings is 1. The maximum Gasteiger partial charge on any atom is 0.286 e. The molecule has 102 valence electrons. The summed E-state index contributed by atoms with van der Waals surface area (Å²) in [7, 11) is 0. The Balaban J connectivity index is 1.53. The molecule has 0 aliphatic carbocycles. The van der Waals surface area contributed by atoms with Gasteiger partial charge in [0, 0.05) is 30.7 Å². The van der Waals surface area contributed by atoms with Crippen molar-refractivity contribution in [3.63, 3.8) is 0 Å². The molecule has 0 radical (unpaired) electrons. The van der Waals surface area contributed by atoms with Gasteiger partial charge < -0.3 is 9.73 Å². The number of hydrogen-bond donors (Lipinski definition) is 1. The maximum atomic E-state index is 11.7. The van der Waals surface area contributed by atoms with Crippen molar-refractivity contribution in [3.8, 4) is 5.13 Å². The summed E-state index contributed by atoms with van der Waals surface area (Å²) in [5.74, 6) is 0.109. The molecular weight excluding hydrogens is 276 g/mol. The summed E-state index contributed by atoms with van der Waals surface area (Å²) < 4.78 is 6.73. The van der Waals surface area contributed by atoms with Gasteiger partial charge in [-0.2, -0.15) is 5.10 Å². The van der Waals surface area contributed by atoms with E-state index in [-0.39, 0.29) is 5.91 Å². The molecule has 0 fully saturated rings. The molecule has 0 aromatic carbocycles. The van der Waals surface area contributed by atoms with E-state index in [4.69, 9.17) is 4.42 Å². The predicted octanol–water partition coefficient (Wildman–Crippen LogP) is 1.89. The number of aromatic nitrogens is 3. The molecule has 6 nitrogen and oxygen atoms in total. The molecule has 1 N–H and O–H groups in total. The van der Waals surface area contributed by atoms with Gasteiger partial charge in [-0.1, -0.05) is 0 Å². The predicted molar refractivity (Wildman–Crippen MR) is 74.0 cm³/mol. The summed E-state index contributed by atoms with van der Waals surface area (Å²) in [5.41, 5.74) is 0.931. The molecule has 3 aromatic rings. The fourth-order valence-corrected chi connectivity index (χ4v) is 2.50. The highest BCUT2D eigenvalue weighted by Crippen LogP contribution is 2.13. The smallest absolute Gasteiger partial charge is 0.286 e. The van der Waals surface area contributed by atoms with Crippen molar-refractivity contribution >= 4 is 17.2 Å². The zero-order chi connectivity index (χ0) is 13.8. The lowest BCUT2D eigenvalue weighted by Crippen LogP contribution is -2.25. The van der Waals surface area contributed by atoms with E-state index in [1.807, 2.05) is 17.6 Å². The Hall–Kier alpha value is -2.41. The first kappa shape index (κ1) is 12.6. The third kappa shape index (κ3) is 2.77. The van der Waals surface area contributed by atoms with Crippen LogP contribution in [-0.4, -0.2) is 27.2 Å². The molecular formula is C13H12N4O2S. The highest BCUT2D eigenvalue weighted by molar-refractivity contribution is 7.12. The van der Waals surface area contributed by atoms with Gasteiger partial charge in [0.15, 0.2) is 5.76 Å². The van der Waals surface area contributed by atoms with Gasteiger partial charge >= 0.3 is 0 Å². The highest BCUT2D eigenvalue weighted by Gasteiger charge is 2.08. The lowest BCUT2D eigenvalue weighted by molar-refractivity contribution is 0.0926. The van der Waals surface area contributed by atoms with Gasteiger partial charge in [-0.05, 0) is 18.2 Å². The van der Waals surface area contributed by atoms with Crippen LogP contribution in [0.1, 0.15) is 16.2 Å². The summed E-state index contributed by atoms with van der Waals surface area (Å²) in [6, 6.07) is 5.17. The molecule has 0 aliphatic rings. The van der Waals surface area contributed by atoms with E-state index in [2.05, 4.69) is 15.4 Å². The van der Waals surface area contributed by atoms with Crippen molar-refractivity contribution in [2.45, 2.75) is 6.42 Å². The fraction of sp³-hybridized carbons (Fsp3) is 0.154. The average Bonchev–Trinajstić information content (AvgIpc) is 3.20. The summed E-state index contributed by atoms with van der Waals surface area (Å²) >= 11 is 1.52. The third-order valence-electron chi connectivity index (χ3n) is 2.65. The summed E-state index contributed by atoms with van der Waals surface area (Å²) in [6.07, 6.45) is 5.71. The Kier molecular flexibility index (Phi) is 3.60. The first-order valence-corrected chi connectivity index (χ1v) is 6.97. The number of furan rings is 1. The lowest BCUT2D eigenvalue weighted by atomic mass is 10.3. The maximum absolute atomic E-state index is 11.7. The van der Waals surface area contributed by atoms with Crippen LogP contribution < -0.4 is 5.32 Å². The van der Waals surface area contributed by atoms with Crippen molar-refractivity contribution in [2.75, 3.05) is 6.54 Å². The van der Waals surface area contributed by atoms with Gasteiger partial charge in [0.05, 0.1) is 12.0 Å². The minimum atomic E-state index is -0.211. The zero-order valence-electron chi connectivity index (χ0n) is 10.5. The standard InChI is InChI=1S/C13H12N4O2S/c18-12(11-3-1-8-19-11)14-6-4-10-9-20-13(16-10)17-7-2-5-15-17/h1-3,5,7-9H,4,6H2,(H,14,18). The number of carbonyl (C=O) groups is 1. The van der Waals surface area contributed by atoms with Gasteiger partial charge in [-0.3, -0.25) is 4.79 Å². The van der Waals surface area contributed by atoms with E-state index in [0.29, 0.717) is 18.7 Å². The summed E-state index contributed by atoms with van der Waals surface area (Å²) in [6.45, 7) is 0.516. The number of rotatable bonds is 5. The van der Waals surface area contributed by atoms with Crippen LogP contribution in [0, 0.1) is 0 Å². The molecule has 0 saturated carbocycles. The van der Waals surface area contributed by atoms with Crippen molar-refractivity contribution in [1.82, 2.24) is 20.1 Å². The number of hydrogen-bond acceptors (Lipinski definition) is 5. The Morgan fingerprint density at radius 3 is 3.15 bits per heavy atom. The van der Waals surface area contributed by atoms with Crippen molar-refractivity contribution in [1.29, 1.82) is 0 Å². The highest BCUT2D eigenvalue weighted by atomic mass is 32.1. The normalized spacial score (nSPS) is 10.6. The van der Waals surface area contributed by atoms with Crippen LogP contribution in [0.15, 0.2) is 46.7 Å². The number of nitrogens with one attached hydrogen (secondary N) is 1. The molecule has 3 heterocycles. The molecule has 0 unspecified atom stereocenters.